The van der Waals surface area contributed by atoms with Crippen LogP contribution in [0.25, 0.3) is 0 Å². The number of carbonyl (C=O) groups excluding carboxylic acids is 4. The van der Waals surface area contributed by atoms with Gasteiger partial charge in [0.2, 0.25) is 5.91 Å². The summed E-state index contributed by atoms with van der Waals surface area (Å²) < 4.78 is 0. The summed E-state index contributed by atoms with van der Waals surface area (Å²) in [5.74, 6) is -1.66. The molecule has 3 amide bonds. The highest BCUT2D eigenvalue weighted by molar-refractivity contribution is 8.14. The van der Waals surface area contributed by atoms with Crippen molar-refractivity contribution in [1.82, 2.24) is 10.4 Å². The first-order valence-corrected chi connectivity index (χ1v) is 7.53. The zero-order chi connectivity index (χ0) is 14.5. The second-order valence-electron chi connectivity index (χ2n) is 4.82. The van der Waals surface area contributed by atoms with E-state index in [0.29, 0.717) is 0 Å². The number of imide groups is 1. The molecule has 1 saturated heterocycles. The molecular formula is C12H16N2O5S. The number of nitrogens with one attached hydrogen (secondary N) is 1. The minimum Gasteiger partial charge on any atom is -0.340 e. The van der Waals surface area contributed by atoms with Crippen LogP contribution in [-0.4, -0.2) is 40.2 Å². The van der Waals surface area contributed by atoms with Gasteiger partial charge in [0, 0.05) is 0 Å². The summed E-state index contributed by atoms with van der Waals surface area (Å²) in [7, 11) is 0. The third-order valence-electron chi connectivity index (χ3n) is 3.35. The van der Waals surface area contributed by atoms with Crippen LogP contribution in [0.1, 0.15) is 32.1 Å². The topological polar surface area (TPSA) is 92.8 Å². The lowest BCUT2D eigenvalue weighted by Gasteiger charge is -2.19. The van der Waals surface area contributed by atoms with Crippen LogP contribution in [0.3, 0.4) is 0 Å². The van der Waals surface area contributed by atoms with E-state index in [1.807, 2.05) is 5.48 Å². The maximum absolute atomic E-state index is 11.7. The summed E-state index contributed by atoms with van der Waals surface area (Å²) in [5, 5.41) is -0.455. The minimum atomic E-state index is -0.682. The predicted octanol–water partition coefficient (Wildman–Crippen LogP) is 0.836. The molecule has 20 heavy (non-hydrogen) atoms. The first-order chi connectivity index (χ1) is 9.58. The van der Waals surface area contributed by atoms with Gasteiger partial charge in [0.15, 0.2) is 0 Å². The number of carbonyl (C=O) groups is 4. The quantitative estimate of drug-likeness (QED) is 0.776. The summed E-state index contributed by atoms with van der Waals surface area (Å²) in [6, 6.07) is 0. The number of nitrogens with zero attached hydrogens (tertiary/aromatic N) is 1. The Balaban J connectivity index is 1.73. The fraction of sp³-hybridized carbons (Fsp3) is 0.667. The van der Waals surface area contributed by atoms with Crippen molar-refractivity contribution in [3.63, 3.8) is 0 Å². The van der Waals surface area contributed by atoms with Crippen LogP contribution >= 0.6 is 11.8 Å². The lowest BCUT2D eigenvalue weighted by atomic mass is 9.89. The monoisotopic (exact) mass is 300 g/mol. The van der Waals surface area contributed by atoms with Gasteiger partial charge in [0.1, 0.15) is 6.54 Å². The lowest BCUT2D eigenvalue weighted by Crippen LogP contribution is -2.41. The van der Waals surface area contributed by atoms with Crippen molar-refractivity contribution < 1.29 is 24.0 Å². The largest absolute Gasteiger partial charge is 0.340 e. The van der Waals surface area contributed by atoms with Crippen LogP contribution in [0.5, 0.6) is 0 Å². The van der Waals surface area contributed by atoms with E-state index in [9.17, 15) is 19.2 Å². The highest BCUT2D eigenvalue weighted by atomic mass is 32.2. The van der Waals surface area contributed by atoms with Crippen LogP contribution in [-0.2, 0) is 19.2 Å². The molecule has 8 heteroatoms. The first kappa shape index (κ1) is 14.8. The molecule has 7 nitrogen and oxygen atoms in total. The van der Waals surface area contributed by atoms with Crippen LogP contribution in [0, 0.1) is 5.92 Å². The number of thioether (sulfide) groups is 1. The maximum atomic E-state index is 11.7. The summed E-state index contributed by atoms with van der Waals surface area (Å²) in [5.41, 5.74) is 2.00. The molecule has 0 atom stereocenters. The van der Waals surface area contributed by atoms with Gasteiger partial charge in [-0.1, -0.05) is 31.0 Å². The van der Waals surface area contributed by atoms with Crippen molar-refractivity contribution in [2.75, 3.05) is 12.3 Å². The SMILES string of the molecule is O=C(CN1C(=O)CSC1=O)NOC(=O)C1CCCCC1. The predicted molar refractivity (Wildman–Crippen MR) is 70.4 cm³/mol. The van der Waals surface area contributed by atoms with E-state index in [4.69, 9.17) is 4.84 Å². The van der Waals surface area contributed by atoms with E-state index in [0.717, 1.165) is 48.8 Å². The number of hydroxylamine groups is 1. The van der Waals surface area contributed by atoms with Crippen molar-refractivity contribution in [3.8, 4) is 0 Å². The normalized spacial score (nSPS) is 20.1. The van der Waals surface area contributed by atoms with Crippen molar-refractivity contribution in [2.24, 2.45) is 5.92 Å². The van der Waals surface area contributed by atoms with Gasteiger partial charge in [-0.15, -0.1) is 0 Å². The molecular weight excluding hydrogens is 284 g/mol. The molecule has 0 spiro atoms. The molecule has 2 rings (SSSR count). The summed E-state index contributed by atoms with van der Waals surface area (Å²) in [6.45, 7) is -0.414. The lowest BCUT2D eigenvalue weighted by molar-refractivity contribution is -0.163. The van der Waals surface area contributed by atoms with Gasteiger partial charge in [0.25, 0.3) is 11.1 Å². The Morgan fingerprint density at radius 2 is 1.95 bits per heavy atom. The molecule has 1 aliphatic carbocycles. The van der Waals surface area contributed by atoms with E-state index in [-0.39, 0.29) is 11.7 Å². The van der Waals surface area contributed by atoms with Crippen LogP contribution in [0.15, 0.2) is 0 Å². The van der Waals surface area contributed by atoms with E-state index < -0.39 is 29.6 Å². The van der Waals surface area contributed by atoms with Crippen LogP contribution < -0.4 is 5.48 Å². The standard InChI is InChI=1S/C12H16N2O5S/c15-9(6-14-10(16)7-20-12(14)18)13-19-11(17)8-4-2-1-3-5-8/h8H,1-7H2,(H,13,15). The Morgan fingerprint density at radius 3 is 2.55 bits per heavy atom. The Morgan fingerprint density at radius 1 is 1.25 bits per heavy atom. The Kier molecular flexibility index (Phi) is 4.99. The van der Waals surface area contributed by atoms with Gasteiger partial charge in [-0.3, -0.25) is 19.3 Å². The van der Waals surface area contributed by atoms with Crippen molar-refractivity contribution in [2.45, 2.75) is 32.1 Å². The Bertz CT molecular complexity index is 418. The summed E-state index contributed by atoms with van der Waals surface area (Å²) in [4.78, 5) is 51.4. The number of hydrogen-bond acceptors (Lipinski definition) is 6. The Labute approximate surface area is 120 Å². The highest BCUT2D eigenvalue weighted by Gasteiger charge is 2.32. The van der Waals surface area contributed by atoms with Gasteiger partial charge < -0.3 is 4.84 Å². The number of hydrogen-bond donors (Lipinski definition) is 1. The third-order valence-corrected chi connectivity index (χ3v) is 4.20. The number of rotatable bonds is 3. The van der Waals surface area contributed by atoms with Gasteiger partial charge in [0.05, 0.1) is 11.7 Å². The van der Waals surface area contributed by atoms with Crippen molar-refractivity contribution in [3.05, 3.63) is 0 Å². The van der Waals surface area contributed by atoms with Gasteiger partial charge >= 0.3 is 5.97 Å². The molecule has 0 radical (unpaired) electrons. The maximum Gasteiger partial charge on any atom is 0.335 e. The number of amides is 3. The molecule has 110 valence electrons. The second kappa shape index (κ2) is 6.74. The first-order valence-electron chi connectivity index (χ1n) is 6.54. The van der Waals surface area contributed by atoms with Crippen LogP contribution in [0.4, 0.5) is 4.79 Å². The van der Waals surface area contributed by atoms with Crippen LogP contribution in [0.2, 0.25) is 0 Å². The average molecular weight is 300 g/mol. The molecule has 0 aromatic rings. The average Bonchev–Trinajstić information content (AvgIpc) is 2.77. The zero-order valence-electron chi connectivity index (χ0n) is 10.9. The molecule has 2 aliphatic rings. The molecule has 0 aromatic heterocycles. The Hall–Kier alpha value is -1.57. The van der Waals surface area contributed by atoms with Crippen molar-refractivity contribution >= 4 is 34.8 Å². The molecule has 0 unspecified atom stereocenters. The zero-order valence-corrected chi connectivity index (χ0v) is 11.7. The second-order valence-corrected chi connectivity index (χ2v) is 5.74. The van der Waals surface area contributed by atoms with Gasteiger partial charge in [-0.25, -0.2) is 4.79 Å². The fourth-order valence-electron chi connectivity index (χ4n) is 2.24. The fourth-order valence-corrected chi connectivity index (χ4v) is 2.96. The van der Waals surface area contributed by atoms with Gasteiger partial charge in [-0.05, 0) is 12.8 Å². The summed E-state index contributed by atoms with van der Waals surface area (Å²) >= 11 is 0.852. The molecule has 2 fully saturated rings. The molecule has 0 bridgehead atoms. The molecule has 1 heterocycles. The summed E-state index contributed by atoms with van der Waals surface area (Å²) in [6.07, 6.45) is 4.64. The molecule has 1 saturated carbocycles. The highest BCUT2D eigenvalue weighted by Crippen LogP contribution is 2.24. The van der Waals surface area contributed by atoms with Gasteiger partial charge in [-0.2, -0.15) is 5.48 Å². The van der Waals surface area contributed by atoms with E-state index in [1.54, 1.807) is 0 Å². The van der Waals surface area contributed by atoms with Crippen molar-refractivity contribution in [1.29, 1.82) is 0 Å². The van der Waals surface area contributed by atoms with E-state index >= 15 is 0 Å². The smallest absolute Gasteiger partial charge is 0.335 e. The molecule has 0 aromatic carbocycles. The van der Waals surface area contributed by atoms with E-state index in [1.165, 1.54) is 0 Å². The van der Waals surface area contributed by atoms with E-state index in [2.05, 4.69) is 0 Å². The minimum absolute atomic E-state index is 0.0496. The molecule has 1 aliphatic heterocycles. The molecule has 1 N–H and O–H groups in total. The third kappa shape index (κ3) is 3.72.